The van der Waals surface area contributed by atoms with Crippen molar-refractivity contribution in [3.63, 3.8) is 0 Å². The van der Waals surface area contributed by atoms with Crippen molar-refractivity contribution in [2.75, 3.05) is 11.5 Å². The summed E-state index contributed by atoms with van der Waals surface area (Å²) in [7, 11) is -3.00. The maximum absolute atomic E-state index is 11.9. The van der Waals surface area contributed by atoms with Crippen LogP contribution in [0.2, 0.25) is 0 Å². The molecule has 4 rings (SSSR count). The lowest BCUT2D eigenvalue weighted by Crippen LogP contribution is -2.17. The second kappa shape index (κ2) is 6.07. The van der Waals surface area contributed by atoms with E-state index in [1.54, 1.807) is 23.3 Å². The van der Waals surface area contributed by atoms with Gasteiger partial charge in [-0.3, -0.25) is 4.98 Å². The predicted molar refractivity (Wildman–Crippen MR) is 91.6 cm³/mol. The van der Waals surface area contributed by atoms with Crippen molar-refractivity contribution < 1.29 is 8.42 Å². The molecular weight excluding hydrogens is 340 g/mol. The Morgan fingerprint density at radius 2 is 2.04 bits per heavy atom. The fourth-order valence-electron chi connectivity index (χ4n) is 3.07. The number of imidazole rings is 1. The standard InChI is InChI=1S/C16H18N6O2S/c1-12-18-7-8-21(12)10-15-19-16(13-2-5-17-6-3-13)20-22(15)14-4-9-25(23,24)11-14/h2-3,5-8,14H,4,9-11H2,1H3. The molecule has 0 spiro atoms. The van der Waals surface area contributed by atoms with Gasteiger partial charge in [-0.25, -0.2) is 23.1 Å². The molecule has 0 aliphatic carbocycles. The van der Waals surface area contributed by atoms with Crippen LogP contribution >= 0.6 is 0 Å². The van der Waals surface area contributed by atoms with E-state index in [1.807, 2.05) is 29.8 Å². The molecule has 1 aliphatic rings. The first-order valence-electron chi connectivity index (χ1n) is 8.06. The number of hydrogen-bond donors (Lipinski definition) is 0. The van der Waals surface area contributed by atoms with Crippen LogP contribution in [0.3, 0.4) is 0 Å². The van der Waals surface area contributed by atoms with Gasteiger partial charge < -0.3 is 4.57 Å². The molecule has 8 nitrogen and oxygen atoms in total. The molecule has 0 saturated carbocycles. The third kappa shape index (κ3) is 3.19. The Labute approximate surface area is 145 Å². The molecule has 0 bridgehead atoms. The first-order valence-corrected chi connectivity index (χ1v) is 9.88. The van der Waals surface area contributed by atoms with Crippen molar-refractivity contribution in [1.29, 1.82) is 0 Å². The number of nitrogens with zero attached hydrogens (tertiary/aromatic N) is 6. The number of aryl methyl sites for hydroxylation is 1. The van der Waals surface area contributed by atoms with Crippen molar-refractivity contribution in [3.05, 3.63) is 48.6 Å². The van der Waals surface area contributed by atoms with E-state index in [9.17, 15) is 8.42 Å². The van der Waals surface area contributed by atoms with E-state index in [0.717, 1.165) is 17.2 Å². The molecule has 3 aromatic rings. The maximum atomic E-state index is 11.9. The van der Waals surface area contributed by atoms with Crippen molar-refractivity contribution in [3.8, 4) is 11.4 Å². The fourth-order valence-corrected chi connectivity index (χ4v) is 4.76. The Morgan fingerprint density at radius 1 is 1.24 bits per heavy atom. The average molecular weight is 358 g/mol. The molecule has 0 radical (unpaired) electrons. The molecular formula is C16H18N6O2S. The number of aromatic nitrogens is 6. The lowest BCUT2D eigenvalue weighted by Gasteiger charge is -2.12. The summed E-state index contributed by atoms with van der Waals surface area (Å²) < 4.78 is 27.5. The first-order chi connectivity index (χ1) is 12.0. The zero-order chi connectivity index (χ0) is 17.4. The van der Waals surface area contributed by atoms with E-state index in [2.05, 4.69) is 20.1 Å². The zero-order valence-corrected chi connectivity index (χ0v) is 14.6. The van der Waals surface area contributed by atoms with Crippen LogP contribution in [0.25, 0.3) is 11.4 Å². The molecule has 25 heavy (non-hydrogen) atoms. The van der Waals surface area contributed by atoms with Crippen LogP contribution in [0.1, 0.15) is 24.1 Å². The van der Waals surface area contributed by atoms with Crippen molar-refractivity contribution in [2.45, 2.75) is 25.9 Å². The van der Waals surface area contributed by atoms with Gasteiger partial charge in [-0.1, -0.05) is 0 Å². The van der Waals surface area contributed by atoms with Gasteiger partial charge in [0.15, 0.2) is 15.7 Å². The molecule has 1 atom stereocenters. The van der Waals surface area contributed by atoms with Gasteiger partial charge in [0.2, 0.25) is 0 Å². The number of pyridine rings is 1. The van der Waals surface area contributed by atoms with Gasteiger partial charge >= 0.3 is 0 Å². The topological polar surface area (TPSA) is 95.6 Å². The third-order valence-electron chi connectivity index (χ3n) is 4.43. The summed E-state index contributed by atoms with van der Waals surface area (Å²) in [5, 5.41) is 4.62. The van der Waals surface area contributed by atoms with E-state index >= 15 is 0 Å². The summed E-state index contributed by atoms with van der Waals surface area (Å²) in [5.41, 5.74) is 0.859. The van der Waals surface area contributed by atoms with Gasteiger partial charge in [0, 0.05) is 30.4 Å². The minimum atomic E-state index is -3.00. The van der Waals surface area contributed by atoms with Gasteiger partial charge in [-0.2, -0.15) is 5.10 Å². The SMILES string of the molecule is Cc1nccn1Cc1nc(-c2ccncc2)nn1C1CCS(=O)(=O)C1. The lowest BCUT2D eigenvalue weighted by molar-refractivity contribution is 0.469. The predicted octanol–water partition coefficient (Wildman–Crippen LogP) is 1.25. The second-order valence-electron chi connectivity index (χ2n) is 6.19. The molecule has 1 aliphatic heterocycles. The molecule has 1 unspecified atom stereocenters. The van der Waals surface area contributed by atoms with Crippen LogP contribution in [0.15, 0.2) is 36.9 Å². The van der Waals surface area contributed by atoms with Crippen molar-refractivity contribution >= 4 is 9.84 Å². The molecule has 1 saturated heterocycles. The van der Waals surface area contributed by atoms with Crippen LogP contribution < -0.4 is 0 Å². The first kappa shape index (κ1) is 15.9. The van der Waals surface area contributed by atoms with Gasteiger partial charge in [-0.15, -0.1) is 0 Å². The third-order valence-corrected chi connectivity index (χ3v) is 6.18. The zero-order valence-electron chi connectivity index (χ0n) is 13.8. The van der Waals surface area contributed by atoms with Gasteiger partial charge in [0.25, 0.3) is 0 Å². The lowest BCUT2D eigenvalue weighted by atomic mass is 10.2. The van der Waals surface area contributed by atoms with E-state index in [4.69, 9.17) is 0 Å². The largest absolute Gasteiger partial charge is 0.328 e. The molecule has 4 heterocycles. The quantitative estimate of drug-likeness (QED) is 0.696. The highest BCUT2D eigenvalue weighted by Gasteiger charge is 2.32. The number of hydrogen-bond acceptors (Lipinski definition) is 6. The smallest absolute Gasteiger partial charge is 0.181 e. The van der Waals surface area contributed by atoms with Crippen LogP contribution in [0.5, 0.6) is 0 Å². The van der Waals surface area contributed by atoms with Crippen LogP contribution in [-0.2, 0) is 16.4 Å². The van der Waals surface area contributed by atoms with E-state index < -0.39 is 9.84 Å². The van der Waals surface area contributed by atoms with Gasteiger partial charge in [0.1, 0.15) is 11.6 Å². The molecule has 1 fully saturated rings. The Hall–Kier alpha value is -2.55. The Balaban J connectivity index is 1.75. The summed E-state index contributed by atoms with van der Waals surface area (Å²) in [4.78, 5) is 12.9. The highest BCUT2D eigenvalue weighted by atomic mass is 32.2. The van der Waals surface area contributed by atoms with Crippen LogP contribution in [0.4, 0.5) is 0 Å². The van der Waals surface area contributed by atoms with Crippen LogP contribution in [-0.4, -0.2) is 49.2 Å². The van der Waals surface area contributed by atoms with Gasteiger partial charge in [-0.05, 0) is 25.5 Å². The Kier molecular flexibility index (Phi) is 3.87. The molecule has 0 amide bonds. The average Bonchev–Trinajstić information content (AvgIpc) is 3.28. The van der Waals surface area contributed by atoms with Crippen molar-refractivity contribution in [1.82, 2.24) is 29.3 Å². The summed E-state index contributed by atoms with van der Waals surface area (Å²) in [6.07, 6.45) is 7.56. The Morgan fingerprint density at radius 3 is 2.68 bits per heavy atom. The second-order valence-corrected chi connectivity index (χ2v) is 8.42. The summed E-state index contributed by atoms with van der Waals surface area (Å²) in [6, 6.07) is 3.51. The van der Waals surface area contributed by atoms with E-state index in [-0.39, 0.29) is 17.5 Å². The monoisotopic (exact) mass is 358 g/mol. The normalized spacial score (nSPS) is 19.3. The molecule has 3 aromatic heterocycles. The minimum Gasteiger partial charge on any atom is -0.328 e. The molecule has 0 aromatic carbocycles. The molecule has 130 valence electrons. The van der Waals surface area contributed by atoms with E-state index in [1.165, 1.54) is 0 Å². The van der Waals surface area contributed by atoms with Gasteiger partial charge in [0.05, 0.1) is 24.1 Å². The Bertz CT molecular complexity index is 993. The molecule has 0 N–H and O–H groups in total. The maximum Gasteiger partial charge on any atom is 0.181 e. The van der Waals surface area contributed by atoms with E-state index in [0.29, 0.717) is 18.8 Å². The minimum absolute atomic E-state index is 0.113. The van der Waals surface area contributed by atoms with Crippen LogP contribution in [0, 0.1) is 6.92 Å². The highest BCUT2D eigenvalue weighted by molar-refractivity contribution is 7.91. The van der Waals surface area contributed by atoms with Crippen molar-refractivity contribution in [2.24, 2.45) is 0 Å². The molecule has 9 heteroatoms. The number of sulfone groups is 1. The summed E-state index contributed by atoms with van der Waals surface area (Å²) in [6.45, 7) is 2.42. The number of rotatable bonds is 4. The summed E-state index contributed by atoms with van der Waals surface area (Å²) in [5.74, 6) is 2.50. The summed E-state index contributed by atoms with van der Waals surface area (Å²) >= 11 is 0. The highest BCUT2D eigenvalue weighted by Crippen LogP contribution is 2.26. The fraction of sp³-hybridized carbons (Fsp3) is 0.375.